The van der Waals surface area contributed by atoms with Crippen LogP contribution in [0.2, 0.25) is 0 Å². The van der Waals surface area contributed by atoms with Gasteiger partial charge in [-0.3, -0.25) is 0 Å². The summed E-state index contributed by atoms with van der Waals surface area (Å²) in [4.78, 5) is 4.21. The molecule has 0 radical (unpaired) electrons. The highest BCUT2D eigenvalue weighted by Crippen LogP contribution is 2.52. The topological polar surface area (TPSA) is 17.8 Å². The predicted molar refractivity (Wildman–Crippen MR) is 116 cm³/mol. The van der Waals surface area contributed by atoms with Crippen molar-refractivity contribution in [3.8, 4) is 0 Å². The molecule has 2 unspecified atom stereocenters. The van der Waals surface area contributed by atoms with Crippen molar-refractivity contribution in [2.45, 2.75) is 107 Å². The molecule has 0 aromatic carbocycles. The molecule has 0 N–H and O–H groups in total. The van der Waals surface area contributed by atoms with Crippen molar-refractivity contribution in [3.05, 3.63) is 18.7 Å². The van der Waals surface area contributed by atoms with E-state index in [2.05, 4.69) is 53.1 Å². The number of hydrogen-bond acceptors (Lipinski definition) is 3. The molecule has 2 heterocycles. The van der Waals surface area contributed by atoms with Crippen molar-refractivity contribution in [1.29, 1.82) is 0 Å². The molecule has 1 aromatic heterocycles. The molecule has 1 aliphatic heterocycles. The van der Waals surface area contributed by atoms with Gasteiger partial charge >= 0.3 is 0 Å². The smallest absolute Gasteiger partial charge is 0.0945 e. The number of aryl methyl sites for hydroxylation is 1. The van der Waals surface area contributed by atoms with Gasteiger partial charge in [-0.15, -0.1) is 23.5 Å². The molecule has 25 heavy (non-hydrogen) atoms. The molecule has 1 aliphatic rings. The van der Waals surface area contributed by atoms with Crippen LogP contribution < -0.4 is 0 Å². The van der Waals surface area contributed by atoms with Crippen LogP contribution in [0.1, 0.15) is 90.9 Å². The van der Waals surface area contributed by atoms with Crippen LogP contribution in [0.4, 0.5) is 0 Å². The van der Waals surface area contributed by atoms with Gasteiger partial charge in [0.15, 0.2) is 0 Å². The zero-order valence-electron chi connectivity index (χ0n) is 16.4. The van der Waals surface area contributed by atoms with Crippen molar-refractivity contribution in [2.75, 3.05) is 5.75 Å². The van der Waals surface area contributed by atoms with Crippen LogP contribution in [0, 0.1) is 0 Å². The highest BCUT2D eigenvalue weighted by Gasteiger charge is 2.36. The monoisotopic (exact) mass is 382 g/mol. The number of imidazole rings is 1. The summed E-state index contributed by atoms with van der Waals surface area (Å²) in [6.45, 7) is 5.78. The largest absolute Gasteiger partial charge is 0.337 e. The second kappa shape index (κ2) is 12.3. The molecular weight excluding hydrogens is 344 g/mol. The third-order valence-electron chi connectivity index (χ3n) is 5.36. The van der Waals surface area contributed by atoms with Gasteiger partial charge in [-0.2, -0.15) is 0 Å². The molecule has 4 heteroatoms. The molecule has 1 saturated heterocycles. The van der Waals surface area contributed by atoms with Crippen molar-refractivity contribution >= 4 is 23.5 Å². The van der Waals surface area contributed by atoms with Crippen LogP contribution in [0.5, 0.6) is 0 Å². The van der Waals surface area contributed by atoms with Gasteiger partial charge in [0.25, 0.3) is 0 Å². The van der Waals surface area contributed by atoms with Gasteiger partial charge in [0.1, 0.15) is 0 Å². The first kappa shape index (κ1) is 21.2. The fraction of sp³-hybridized carbons (Fsp3) is 0.857. The van der Waals surface area contributed by atoms with E-state index in [4.69, 9.17) is 0 Å². The number of unbranched alkanes of at least 4 members (excludes halogenated alkanes) is 7. The van der Waals surface area contributed by atoms with E-state index in [1.807, 2.05) is 12.5 Å². The molecule has 1 aromatic rings. The summed E-state index contributed by atoms with van der Waals surface area (Å²) in [7, 11) is 0. The second-order valence-corrected chi connectivity index (χ2v) is 10.9. The summed E-state index contributed by atoms with van der Waals surface area (Å²) >= 11 is 4.56. The summed E-state index contributed by atoms with van der Waals surface area (Å²) in [6, 6.07) is 0. The zero-order valence-corrected chi connectivity index (χ0v) is 18.1. The van der Waals surface area contributed by atoms with Crippen LogP contribution in [-0.2, 0) is 6.54 Å². The Morgan fingerprint density at radius 3 is 2.48 bits per heavy atom. The average molecular weight is 383 g/mol. The third kappa shape index (κ3) is 7.99. The number of thioether (sulfide) groups is 2. The predicted octanol–water partition coefficient (Wildman–Crippen LogP) is 7.15. The molecule has 2 atom stereocenters. The third-order valence-corrected chi connectivity index (χ3v) is 9.12. The van der Waals surface area contributed by atoms with E-state index in [9.17, 15) is 0 Å². The van der Waals surface area contributed by atoms with Gasteiger partial charge in [0, 0.05) is 24.2 Å². The van der Waals surface area contributed by atoms with Crippen LogP contribution >= 0.6 is 23.5 Å². The van der Waals surface area contributed by atoms with E-state index >= 15 is 0 Å². The molecule has 2 rings (SSSR count). The van der Waals surface area contributed by atoms with E-state index in [-0.39, 0.29) is 0 Å². The number of nitrogens with zero attached hydrogens (tertiary/aromatic N) is 2. The molecule has 1 fully saturated rings. The maximum Gasteiger partial charge on any atom is 0.0945 e. The Balaban J connectivity index is 1.74. The number of hydrogen-bond donors (Lipinski definition) is 0. The summed E-state index contributed by atoms with van der Waals surface area (Å²) in [6.07, 6.45) is 22.8. The Hall–Kier alpha value is -0.0900. The normalized spacial score (nSPS) is 23.8. The Bertz CT molecular complexity index is 435. The Kier molecular flexibility index (Phi) is 10.5. The lowest BCUT2D eigenvalue weighted by Crippen LogP contribution is -2.30. The van der Waals surface area contributed by atoms with Crippen LogP contribution in [0.15, 0.2) is 18.7 Å². The Morgan fingerprint density at radius 2 is 1.80 bits per heavy atom. The van der Waals surface area contributed by atoms with E-state index in [0.717, 1.165) is 11.8 Å². The lowest BCUT2D eigenvalue weighted by atomic mass is 10.1. The molecule has 0 aliphatic carbocycles. The minimum atomic E-state index is 0.450. The highest BCUT2D eigenvalue weighted by atomic mass is 32.2. The van der Waals surface area contributed by atoms with E-state index in [1.54, 1.807) is 0 Å². The second-order valence-electron chi connectivity index (χ2n) is 7.47. The van der Waals surface area contributed by atoms with Gasteiger partial charge in [-0.05, 0) is 31.4 Å². The number of rotatable bonds is 13. The van der Waals surface area contributed by atoms with E-state index in [1.165, 1.54) is 82.8 Å². The minimum absolute atomic E-state index is 0.450. The summed E-state index contributed by atoms with van der Waals surface area (Å²) in [5.41, 5.74) is 0. The Morgan fingerprint density at radius 1 is 1.04 bits per heavy atom. The maximum atomic E-state index is 4.21. The zero-order chi connectivity index (χ0) is 17.8. The first-order valence-corrected chi connectivity index (χ1v) is 12.4. The summed E-state index contributed by atoms with van der Waals surface area (Å²) in [5.74, 6) is 1.35. The molecule has 144 valence electrons. The van der Waals surface area contributed by atoms with Crippen LogP contribution in [0.25, 0.3) is 0 Å². The molecular formula is C21H38N2S2. The van der Waals surface area contributed by atoms with Gasteiger partial charge in [-0.1, -0.05) is 65.2 Å². The molecule has 0 bridgehead atoms. The lowest BCUT2D eigenvalue weighted by Gasteiger charge is -2.40. The average Bonchev–Trinajstić information content (AvgIpc) is 3.16. The van der Waals surface area contributed by atoms with Gasteiger partial charge < -0.3 is 4.57 Å². The fourth-order valence-electron chi connectivity index (χ4n) is 3.69. The highest BCUT2D eigenvalue weighted by molar-refractivity contribution is 8.19. The maximum absolute atomic E-state index is 4.21. The molecule has 0 saturated carbocycles. The van der Waals surface area contributed by atoms with Gasteiger partial charge in [0.2, 0.25) is 0 Å². The van der Waals surface area contributed by atoms with Crippen molar-refractivity contribution < 1.29 is 0 Å². The van der Waals surface area contributed by atoms with Crippen molar-refractivity contribution in [3.63, 3.8) is 0 Å². The molecule has 0 spiro atoms. The first-order valence-electron chi connectivity index (χ1n) is 10.6. The first-order chi connectivity index (χ1) is 12.3. The van der Waals surface area contributed by atoms with E-state index < -0.39 is 0 Å². The fourth-order valence-corrected chi connectivity index (χ4v) is 7.55. The van der Waals surface area contributed by atoms with Crippen molar-refractivity contribution in [1.82, 2.24) is 9.55 Å². The van der Waals surface area contributed by atoms with Crippen molar-refractivity contribution in [2.24, 2.45) is 0 Å². The van der Waals surface area contributed by atoms with Crippen LogP contribution in [0.3, 0.4) is 0 Å². The molecule has 0 amide bonds. The lowest BCUT2D eigenvalue weighted by molar-refractivity contribution is 0.517. The SMILES string of the molecule is CCCCCCCCCCC1(CCn2ccnc2)SCCC(CC)S1. The van der Waals surface area contributed by atoms with E-state index in [0.29, 0.717) is 4.08 Å². The Labute approximate surface area is 164 Å². The summed E-state index contributed by atoms with van der Waals surface area (Å²) < 4.78 is 2.71. The molecule has 2 nitrogen and oxygen atoms in total. The summed E-state index contributed by atoms with van der Waals surface area (Å²) in [5, 5.41) is 0.873. The number of aromatic nitrogens is 2. The minimum Gasteiger partial charge on any atom is -0.337 e. The van der Waals surface area contributed by atoms with Crippen LogP contribution in [-0.4, -0.2) is 24.6 Å². The van der Waals surface area contributed by atoms with Gasteiger partial charge in [-0.25, -0.2) is 4.98 Å². The van der Waals surface area contributed by atoms with Gasteiger partial charge in [0.05, 0.1) is 10.4 Å². The quantitative estimate of drug-likeness (QED) is 0.337. The standard InChI is InChI=1S/C21H38N2S2/c1-3-5-6-7-8-9-10-11-13-21(14-16-23-17-15-22-19-23)24-18-12-20(4-2)25-21/h15,17,19-20H,3-14,16,18H2,1-2H3.